The van der Waals surface area contributed by atoms with Crippen LogP contribution in [0.25, 0.3) is 0 Å². The average Bonchev–Trinajstić information content (AvgIpc) is 2.78. The summed E-state index contributed by atoms with van der Waals surface area (Å²) in [5.41, 5.74) is 1.75. The van der Waals surface area contributed by atoms with E-state index >= 15 is 0 Å². The second kappa shape index (κ2) is 8.40. The predicted octanol–water partition coefficient (Wildman–Crippen LogP) is 3.53. The summed E-state index contributed by atoms with van der Waals surface area (Å²) in [6.07, 6.45) is 2.75. The quantitative estimate of drug-likeness (QED) is 0.841. The SMILES string of the molecule is COC1C[C@@H](N(C)C(=O)c2ccccc2)C[C@]2(c3cccc(O)c3)CCN(C)C[C@@H]12. The zero-order chi connectivity index (χ0) is 21.3. The van der Waals surface area contributed by atoms with Gasteiger partial charge in [-0.05, 0) is 62.7 Å². The average molecular weight is 409 g/mol. The lowest BCUT2D eigenvalue weighted by Crippen LogP contribution is -2.61. The maximum absolute atomic E-state index is 13.2. The second-order valence-electron chi connectivity index (χ2n) is 8.98. The van der Waals surface area contributed by atoms with Crippen LogP contribution in [-0.4, -0.2) is 67.3 Å². The molecule has 2 aromatic rings. The Hall–Kier alpha value is -2.37. The Morgan fingerprint density at radius 2 is 1.97 bits per heavy atom. The third-order valence-electron chi connectivity index (χ3n) is 7.32. The molecule has 1 saturated heterocycles. The van der Waals surface area contributed by atoms with Gasteiger partial charge in [0.05, 0.1) is 6.10 Å². The van der Waals surface area contributed by atoms with E-state index in [-0.39, 0.29) is 23.5 Å². The molecule has 1 heterocycles. The van der Waals surface area contributed by atoms with E-state index in [1.165, 1.54) is 0 Å². The Morgan fingerprint density at radius 3 is 2.67 bits per heavy atom. The summed E-state index contributed by atoms with van der Waals surface area (Å²) in [7, 11) is 5.86. The number of rotatable bonds is 4. The molecule has 1 unspecified atom stereocenters. The van der Waals surface area contributed by atoms with Crippen LogP contribution in [0.15, 0.2) is 54.6 Å². The molecular weight excluding hydrogens is 376 g/mol. The number of fused-ring (bicyclic) bond motifs is 1. The zero-order valence-corrected chi connectivity index (χ0v) is 18.1. The summed E-state index contributed by atoms with van der Waals surface area (Å²) < 4.78 is 6.02. The first-order valence-corrected chi connectivity index (χ1v) is 10.8. The van der Waals surface area contributed by atoms with Gasteiger partial charge in [0.25, 0.3) is 5.91 Å². The molecule has 4 atom stereocenters. The van der Waals surface area contributed by atoms with Crippen molar-refractivity contribution in [1.29, 1.82) is 0 Å². The van der Waals surface area contributed by atoms with Crippen molar-refractivity contribution >= 4 is 5.91 Å². The Bertz CT molecular complexity index is 887. The lowest BCUT2D eigenvalue weighted by Gasteiger charge is -2.56. The number of methoxy groups -OCH3 is 1. The number of phenols is 1. The number of carbonyl (C=O) groups excluding carboxylic acids is 1. The van der Waals surface area contributed by atoms with Crippen LogP contribution in [0.5, 0.6) is 5.75 Å². The monoisotopic (exact) mass is 408 g/mol. The van der Waals surface area contributed by atoms with Gasteiger partial charge in [-0.15, -0.1) is 0 Å². The van der Waals surface area contributed by atoms with E-state index in [4.69, 9.17) is 4.74 Å². The molecule has 30 heavy (non-hydrogen) atoms. The van der Waals surface area contributed by atoms with Crippen molar-refractivity contribution in [3.8, 4) is 5.75 Å². The minimum absolute atomic E-state index is 0.0490. The highest BCUT2D eigenvalue weighted by Crippen LogP contribution is 2.51. The van der Waals surface area contributed by atoms with Crippen LogP contribution < -0.4 is 0 Å². The summed E-state index contributed by atoms with van der Waals surface area (Å²) in [5, 5.41) is 10.2. The molecule has 5 heteroatoms. The predicted molar refractivity (Wildman–Crippen MR) is 118 cm³/mol. The van der Waals surface area contributed by atoms with Crippen LogP contribution >= 0.6 is 0 Å². The van der Waals surface area contributed by atoms with Gasteiger partial charge in [0.1, 0.15) is 5.75 Å². The Morgan fingerprint density at radius 1 is 1.20 bits per heavy atom. The fourth-order valence-corrected chi connectivity index (χ4v) is 5.64. The van der Waals surface area contributed by atoms with Crippen LogP contribution in [-0.2, 0) is 10.2 Å². The first kappa shape index (κ1) is 20.9. The summed E-state index contributed by atoms with van der Waals surface area (Å²) in [6.45, 7) is 1.95. The van der Waals surface area contributed by atoms with E-state index in [0.29, 0.717) is 17.2 Å². The van der Waals surface area contributed by atoms with Gasteiger partial charge >= 0.3 is 0 Å². The van der Waals surface area contributed by atoms with Gasteiger partial charge in [0, 0.05) is 43.6 Å². The van der Waals surface area contributed by atoms with Crippen molar-refractivity contribution in [2.24, 2.45) is 5.92 Å². The van der Waals surface area contributed by atoms with Crippen LogP contribution in [0.4, 0.5) is 0 Å². The zero-order valence-electron chi connectivity index (χ0n) is 18.1. The second-order valence-corrected chi connectivity index (χ2v) is 8.98. The summed E-state index contributed by atoms with van der Waals surface area (Å²) in [5.74, 6) is 0.664. The van der Waals surface area contributed by atoms with Crippen molar-refractivity contribution in [3.63, 3.8) is 0 Å². The van der Waals surface area contributed by atoms with Crippen molar-refractivity contribution in [1.82, 2.24) is 9.80 Å². The third-order valence-corrected chi connectivity index (χ3v) is 7.32. The number of aromatic hydroxyl groups is 1. The normalized spacial score (nSPS) is 29.2. The molecule has 0 radical (unpaired) electrons. The molecule has 1 N–H and O–H groups in total. The van der Waals surface area contributed by atoms with Gasteiger partial charge in [-0.2, -0.15) is 0 Å². The smallest absolute Gasteiger partial charge is 0.253 e. The number of piperidine rings is 1. The highest BCUT2D eigenvalue weighted by molar-refractivity contribution is 5.94. The largest absolute Gasteiger partial charge is 0.508 e. The number of hydrogen-bond acceptors (Lipinski definition) is 4. The molecule has 1 aliphatic heterocycles. The molecule has 0 spiro atoms. The molecule has 1 amide bonds. The van der Waals surface area contributed by atoms with Crippen LogP contribution in [0.1, 0.15) is 35.2 Å². The number of phenolic OH excluding ortho intramolecular Hbond substituents is 1. The molecule has 2 aromatic carbocycles. The number of benzene rings is 2. The Balaban J connectivity index is 1.71. The molecule has 160 valence electrons. The van der Waals surface area contributed by atoms with E-state index in [1.807, 2.05) is 54.4 Å². The van der Waals surface area contributed by atoms with Crippen molar-refractivity contribution in [2.45, 2.75) is 36.8 Å². The number of amides is 1. The lowest BCUT2D eigenvalue weighted by molar-refractivity contribution is -0.0751. The van der Waals surface area contributed by atoms with Gasteiger partial charge in [0.15, 0.2) is 0 Å². The van der Waals surface area contributed by atoms with Crippen LogP contribution in [0.2, 0.25) is 0 Å². The maximum Gasteiger partial charge on any atom is 0.253 e. The molecule has 1 aliphatic carbocycles. The maximum atomic E-state index is 13.2. The first-order chi connectivity index (χ1) is 14.4. The summed E-state index contributed by atoms with van der Waals surface area (Å²) >= 11 is 0. The summed E-state index contributed by atoms with van der Waals surface area (Å²) in [4.78, 5) is 17.5. The highest BCUT2D eigenvalue weighted by atomic mass is 16.5. The first-order valence-electron chi connectivity index (χ1n) is 10.8. The lowest BCUT2D eigenvalue weighted by atomic mass is 9.56. The van der Waals surface area contributed by atoms with Gasteiger partial charge in [-0.25, -0.2) is 0 Å². The minimum Gasteiger partial charge on any atom is -0.508 e. The van der Waals surface area contributed by atoms with Gasteiger partial charge in [-0.1, -0.05) is 30.3 Å². The van der Waals surface area contributed by atoms with E-state index in [9.17, 15) is 9.90 Å². The van der Waals surface area contributed by atoms with Crippen LogP contribution in [0, 0.1) is 5.92 Å². The van der Waals surface area contributed by atoms with E-state index < -0.39 is 0 Å². The molecule has 2 aliphatic rings. The van der Waals surface area contributed by atoms with Gasteiger partial charge in [0.2, 0.25) is 0 Å². The topological polar surface area (TPSA) is 53.0 Å². The fraction of sp³-hybridized carbons (Fsp3) is 0.480. The molecule has 0 aromatic heterocycles. The number of carbonyl (C=O) groups is 1. The third kappa shape index (κ3) is 3.72. The number of likely N-dealkylation sites (tertiary alicyclic amines) is 1. The van der Waals surface area contributed by atoms with E-state index in [1.54, 1.807) is 13.2 Å². The minimum atomic E-state index is -0.125. The molecule has 2 fully saturated rings. The summed E-state index contributed by atoms with van der Waals surface area (Å²) in [6, 6.07) is 17.3. The van der Waals surface area contributed by atoms with Crippen molar-refractivity contribution < 1.29 is 14.6 Å². The fourth-order valence-electron chi connectivity index (χ4n) is 5.64. The molecule has 0 bridgehead atoms. The number of ether oxygens (including phenoxy) is 1. The standard InChI is InChI=1S/C25H32N2O3/c1-26-13-12-25(19-10-7-11-21(28)14-19)16-20(15-23(30-3)22(25)17-26)27(2)24(29)18-8-5-4-6-9-18/h4-11,14,20,22-23,28H,12-13,15-17H2,1-3H3/t20-,22+,23?,25+/m1/s1. The van der Waals surface area contributed by atoms with Crippen molar-refractivity contribution in [3.05, 3.63) is 65.7 Å². The molecule has 4 rings (SSSR count). The highest BCUT2D eigenvalue weighted by Gasteiger charge is 2.53. The van der Waals surface area contributed by atoms with E-state index in [0.717, 1.165) is 37.9 Å². The van der Waals surface area contributed by atoms with Gasteiger partial charge < -0.3 is 19.6 Å². The molecule has 5 nitrogen and oxygen atoms in total. The van der Waals surface area contributed by atoms with Gasteiger partial charge in [-0.3, -0.25) is 4.79 Å². The van der Waals surface area contributed by atoms with Crippen molar-refractivity contribution in [2.75, 3.05) is 34.3 Å². The van der Waals surface area contributed by atoms with E-state index in [2.05, 4.69) is 18.0 Å². The van der Waals surface area contributed by atoms with Crippen LogP contribution in [0.3, 0.4) is 0 Å². The Labute approximate surface area is 179 Å². The number of hydrogen-bond donors (Lipinski definition) is 1. The number of nitrogens with zero attached hydrogens (tertiary/aromatic N) is 2. The molecule has 1 saturated carbocycles. The Kier molecular flexibility index (Phi) is 5.85. The molecular formula is C25H32N2O3.